The summed E-state index contributed by atoms with van der Waals surface area (Å²) in [6.45, 7) is -0.447. The molecule has 0 aromatic carbocycles. The van der Waals surface area contributed by atoms with E-state index in [1.54, 1.807) is 0 Å². The number of halogens is 3. The number of nitrogens with two attached hydrogens (primary N) is 1. The fourth-order valence-corrected chi connectivity index (χ4v) is 0.838. The summed E-state index contributed by atoms with van der Waals surface area (Å²) >= 11 is 0. The predicted molar refractivity (Wildman–Crippen MR) is 37.1 cm³/mol. The first-order valence-electron chi connectivity index (χ1n) is 3.30. The van der Waals surface area contributed by atoms with Gasteiger partial charge in [-0.1, -0.05) is 0 Å². The first-order chi connectivity index (χ1) is 5.66. The topological polar surface area (TPSA) is 38.9 Å². The average Bonchev–Trinajstić information content (AvgIpc) is 2.03. The Labute approximate surface area is 67.2 Å². The van der Waals surface area contributed by atoms with Crippen LogP contribution in [0.2, 0.25) is 0 Å². The summed E-state index contributed by atoms with van der Waals surface area (Å²) in [5.41, 5.74) is 4.27. The Hall–Kier alpha value is -1.10. The van der Waals surface area contributed by atoms with Crippen LogP contribution in [0.4, 0.5) is 13.2 Å². The monoisotopic (exact) mass is 176 g/mol. The normalized spacial score (nSPS) is 13.0. The molecule has 1 heterocycles. The van der Waals surface area contributed by atoms with Crippen molar-refractivity contribution in [2.45, 2.75) is 6.17 Å². The maximum atomic E-state index is 12.8. The van der Waals surface area contributed by atoms with E-state index in [-0.39, 0.29) is 0 Å². The highest BCUT2D eigenvalue weighted by Gasteiger charge is 2.17. The van der Waals surface area contributed by atoms with Crippen molar-refractivity contribution in [3.8, 4) is 0 Å². The van der Waals surface area contributed by atoms with E-state index < -0.39 is 29.9 Å². The fraction of sp³-hybridized carbons (Fsp3) is 0.286. The molecule has 5 heteroatoms. The van der Waals surface area contributed by atoms with Crippen LogP contribution in [-0.4, -0.2) is 11.5 Å². The van der Waals surface area contributed by atoms with Gasteiger partial charge < -0.3 is 5.73 Å². The van der Waals surface area contributed by atoms with Gasteiger partial charge in [-0.15, -0.1) is 0 Å². The van der Waals surface area contributed by atoms with Crippen molar-refractivity contribution in [3.05, 3.63) is 29.6 Å². The van der Waals surface area contributed by atoms with Crippen LogP contribution in [0.5, 0.6) is 0 Å². The van der Waals surface area contributed by atoms with Crippen LogP contribution < -0.4 is 5.73 Å². The minimum absolute atomic E-state index is 0.447. The van der Waals surface area contributed by atoms with Crippen molar-refractivity contribution in [1.29, 1.82) is 0 Å². The van der Waals surface area contributed by atoms with Gasteiger partial charge in [-0.2, -0.15) is 0 Å². The number of rotatable bonds is 2. The predicted octanol–water partition coefficient (Wildman–Crippen LogP) is 1.33. The molecule has 0 bridgehead atoms. The standard InChI is InChI=1S/C7H7F3N2/c8-4(1-11)7-5(9)2-12-3-6(7)10/h2-4H,1,11H2. The molecule has 2 N–H and O–H groups in total. The van der Waals surface area contributed by atoms with Gasteiger partial charge in [0.15, 0.2) is 11.6 Å². The summed E-state index contributed by atoms with van der Waals surface area (Å²) in [7, 11) is 0. The number of aromatic nitrogens is 1. The highest BCUT2D eigenvalue weighted by atomic mass is 19.2. The van der Waals surface area contributed by atoms with E-state index >= 15 is 0 Å². The van der Waals surface area contributed by atoms with Crippen molar-refractivity contribution in [1.82, 2.24) is 4.98 Å². The molecule has 0 radical (unpaired) electrons. The SMILES string of the molecule is NCC(F)c1c(F)cncc1F. The fourth-order valence-electron chi connectivity index (χ4n) is 0.838. The second kappa shape index (κ2) is 3.53. The van der Waals surface area contributed by atoms with Crippen molar-refractivity contribution >= 4 is 0 Å². The van der Waals surface area contributed by atoms with Gasteiger partial charge in [0, 0.05) is 6.54 Å². The van der Waals surface area contributed by atoms with Gasteiger partial charge in [0.2, 0.25) is 0 Å². The van der Waals surface area contributed by atoms with Gasteiger partial charge in [0.05, 0.1) is 18.0 Å². The second-order valence-corrected chi connectivity index (χ2v) is 2.22. The summed E-state index contributed by atoms with van der Waals surface area (Å²) < 4.78 is 38.1. The van der Waals surface area contributed by atoms with Crippen LogP contribution in [0.3, 0.4) is 0 Å². The molecule has 0 aliphatic rings. The van der Waals surface area contributed by atoms with Gasteiger partial charge in [-0.05, 0) is 0 Å². The van der Waals surface area contributed by atoms with Crippen molar-refractivity contribution in [2.75, 3.05) is 6.54 Å². The third-order valence-corrected chi connectivity index (χ3v) is 1.41. The van der Waals surface area contributed by atoms with Crippen molar-refractivity contribution in [2.24, 2.45) is 5.73 Å². The number of alkyl halides is 1. The molecule has 0 fully saturated rings. The summed E-state index contributed by atoms with van der Waals surface area (Å²) in [5.74, 6) is -2.01. The number of pyridine rings is 1. The van der Waals surface area contributed by atoms with Crippen LogP contribution in [0.15, 0.2) is 12.4 Å². The van der Waals surface area contributed by atoms with E-state index in [1.165, 1.54) is 0 Å². The van der Waals surface area contributed by atoms with Crippen LogP contribution in [0.25, 0.3) is 0 Å². The molecule has 66 valence electrons. The van der Waals surface area contributed by atoms with Crippen LogP contribution in [0.1, 0.15) is 11.7 Å². The van der Waals surface area contributed by atoms with Crippen LogP contribution in [0, 0.1) is 11.6 Å². The van der Waals surface area contributed by atoms with Crippen LogP contribution >= 0.6 is 0 Å². The maximum absolute atomic E-state index is 12.8. The lowest BCUT2D eigenvalue weighted by Crippen LogP contribution is -2.11. The molecule has 1 aromatic rings. The third-order valence-electron chi connectivity index (χ3n) is 1.41. The first-order valence-corrected chi connectivity index (χ1v) is 3.30. The molecular formula is C7H7F3N2. The Morgan fingerprint density at radius 3 is 2.25 bits per heavy atom. The number of hydrogen-bond donors (Lipinski definition) is 1. The largest absolute Gasteiger partial charge is 0.327 e. The second-order valence-electron chi connectivity index (χ2n) is 2.22. The van der Waals surface area contributed by atoms with Gasteiger partial charge in [-0.3, -0.25) is 4.98 Å². The molecule has 1 rings (SSSR count). The molecule has 0 amide bonds. The highest BCUT2D eigenvalue weighted by Crippen LogP contribution is 2.21. The summed E-state index contributed by atoms with van der Waals surface area (Å²) in [6, 6.07) is 0. The summed E-state index contributed by atoms with van der Waals surface area (Å²) in [6.07, 6.45) is -0.311. The van der Waals surface area contributed by atoms with E-state index in [0.717, 1.165) is 12.4 Å². The van der Waals surface area contributed by atoms with E-state index in [1.807, 2.05) is 0 Å². The van der Waals surface area contributed by atoms with E-state index in [2.05, 4.69) is 4.98 Å². The Kier molecular flexibility index (Phi) is 2.65. The quantitative estimate of drug-likeness (QED) is 0.738. The van der Waals surface area contributed by atoms with Gasteiger partial charge in [-0.25, -0.2) is 13.2 Å². The lowest BCUT2D eigenvalue weighted by molar-refractivity contribution is 0.327. The summed E-state index contributed by atoms with van der Waals surface area (Å²) in [4.78, 5) is 3.20. The third kappa shape index (κ3) is 1.55. The minimum atomic E-state index is -1.81. The lowest BCUT2D eigenvalue weighted by Gasteiger charge is -2.06. The molecule has 1 aromatic heterocycles. The number of nitrogens with zero attached hydrogens (tertiary/aromatic N) is 1. The Bertz CT molecular complexity index is 257. The first kappa shape index (κ1) is 8.99. The molecule has 1 atom stereocenters. The zero-order valence-electron chi connectivity index (χ0n) is 6.10. The van der Waals surface area contributed by atoms with Gasteiger partial charge in [0.25, 0.3) is 0 Å². The molecule has 0 saturated carbocycles. The molecule has 2 nitrogen and oxygen atoms in total. The average molecular weight is 176 g/mol. The molecule has 0 saturated heterocycles. The van der Waals surface area contributed by atoms with Crippen molar-refractivity contribution in [3.63, 3.8) is 0 Å². The zero-order chi connectivity index (χ0) is 9.14. The Morgan fingerprint density at radius 2 is 1.83 bits per heavy atom. The Balaban J connectivity index is 3.12. The summed E-state index contributed by atoms with van der Waals surface area (Å²) in [5, 5.41) is 0. The Morgan fingerprint density at radius 1 is 1.33 bits per heavy atom. The smallest absolute Gasteiger partial charge is 0.150 e. The van der Waals surface area contributed by atoms with E-state index in [0.29, 0.717) is 0 Å². The van der Waals surface area contributed by atoms with Gasteiger partial charge in [0.1, 0.15) is 6.17 Å². The molecule has 0 aliphatic heterocycles. The molecule has 12 heavy (non-hydrogen) atoms. The highest BCUT2D eigenvalue weighted by molar-refractivity contribution is 5.18. The van der Waals surface area contributed by atoms with E-state index in [9.17, 15) is 13.2 Å². The van der Waals surface area contributed by atoms with Crippen LogP contribution in [-0.2, 0) is 0 Å². The molecule has 0 spiro atoms. The van der Waals surface area contributed by atoms with Gasteiger partial charge >= 0.3 is 0 Å². The lowest BCUT2D eigenvalue weighted by atomic mass is 10.1. The number of hydrogen-bond acceptors (Lipinski definition) is 2. The zero-order valence-corrected chi connectivity index (χ0v) is 6.10. The molecule has 1 unspecified atom stereocenters. The van der Waals surface area contributed by atoms with E-state index in [4.69, 9.17) is 5.73 Å². The van der Waals surface area contributed by atoms with Crippen molar-refractivity contribution < 1.29 is 13.2 Å². The molecular weight excluding hydrogens is 169 g/mol. The maximum Gasteiger partial charge on any atom is 0.150 e. The molecule has 0 aliphatic carbocycles. The minimum Gasteiger partial charge on any atom is -0.327 e.